The molecule has 4 heteroatoms. The highest BCUT2D eigenvalue weighted by Crippen LogP contribution is 2.31. The molecule has 0 atom stereocenters. The maximum absolute atomic E-state index is 5.96. The van der Waals surface area contributed by atoms with Crippen LogP contribution in [0, 0.1) is 0 Å². The highest BCUT2D eigenvalue weighted by molar-refractivity contribution is 7.80. The molecule has 0 aromatic heterocycles. The topological polar surface area (TPSA) is 18.5 Å². The van der Waals surface area contributed by atoms with E-state index in [9.17, 15) is 0 Å². The molecule has 0 aliphatic rings. The predicted molar refractivity (Wildman–Crippen MR) is 119 cm³/mol. The molecule has 0 unspecified atom stereocenters. The van der Waals surface area contributed by atoms with Gasteiger partial charge in [0.1, 0.15) is 23.0 Å². The van der Waals surface area contributed by atoms with Crippen LogP contribution in [-0.4, -0.2) is 0 Å². The fourth-order valence-electron chi connectivity index (χ4n) is 2.78. The first kappa shape index (κ1) is 18.5. The third-order valence-corrected chi connectivity index (χ3v) is 4.74. The van der Waals surface area contributed by atoms with Gasteiger partial charge < -0.3 is 9.47 Å². The number of hydrogen-bond acceptors (Lipinski definition) is 4. The normalized spacial score (nSPS) is 10.5. The summed E-state index contributed by atoms with van der Waals surface area (Å²) < 4.78 is 11.9. The molecule has 4 rings (SSSR count). The fraction of sp³-hybridized carbons (Fsp3) is 0. The summed E-state index contributed by atoms with van der Waals surface area (Å²) in [5.41, 5.74) is 2.11. The van der Waals surface area contributed by atoms with Gasteiger partial charge in [-0.3, -0.25) is 0 Å². The molecule has 0 aliphatic carbocycles. The average molecular weight is 403 g/mol. The van der Waals surface area contributed by atoms with Gasteiger partial charge in [0, 0.05) is 9.79 Å². The highest BCUT2D eigenvalue weighted by Gasteiger charge is 2.04. The van der Waals surface area contributed by atoms with Crippen LogP contribution >= 0.6 is 25.3 Å². The first-order valence-electron chi connectivity index (χ1n) is 8.80. The summed E-state index contributed by atoms with van der Waals surface area (Å²) >= 11 is 8.60. The molecular weight excluding hydrogens is 384 g/mol. The van der Waals surface area contributed by atoms with E-state index >= 15 is 0 Å². The first-order chi connectivity index (χ1) is 13.7. The van der Waals surface area contributed by atoms with Crippen LogP contribution in [0.4, 0.5) is 0 Å². The second-order valence-corrected chi connectivity index (χ2v) is 7.28. The Bertz CT molecular complexity index is 985. The van der Waals surface area contributed by atoms with Crippen LogP contribution in [-0.2, 0) is 0 Å². The summed E-state index contributed by atoms with van der Waals surface area (Å²) in [6, 6.07) is 31.2. The quantitative estimate of drug-likeness (QED) is 0.336. The molecule has 28 heavy (non-hydrogen) atoms. The van der Waals surface area contributed by atoms with Crippen LogP contribution in [0.25, 0.3) is 11.1 Å². The Balaban J connectivity index is 1.55. The van der Waals surface area contributed by atoms with Gasteiger partial charge in [0.15, 0.2) is 0 Å². The monoisotopic (exact) mass is 402 g/mol. The number of ether oxygens (including phenoxy) is 2. The van der Waals surface area contributed by atoms with Gasteiger partial charge in [-0.2, -0.15) is 0 Å². The molecule has 0 N–H and O–H groups in total. The molecule has 0 fully saturated rings. The SMILES string of the molecule is Sc1ccc(Oc2cccc(-c3cccc(Oc4ccc(S)cc4)c3)c2)cc1. The van der Waals surface area contributed by atoms with Crippen molar-refractivity contribution in [2.45, 2.75) is 9.79 Å². The van der Waals surface area contributed by atoms with E-state index in [0.29, 0.717) is 0 Å². The largest absolute Gasteiger partial charge is 0.457 e. The molecule has 4 aromatic rings. The van der Waals surface area contributed by atoms with E-state index in [0.717, 1.165) is 43.9 Å². The van der Waals surface area contributed by atoms with Crippen LogP contribution in [0.1, 0.15) is 0 Å². The van der Waals surface area contributed by atoms with E-state index in [1.54, 1.807) is 0 Å². The molecule has 0 aliphatic heterocycles. The van der Waals surface area contributed by atoms with Crippen LogP contribution in [0.3, 0.4) is 0 Å². The molecule has 138 valence electrons. The standard InChI is InChI=1S/C24H18O2S2/c27-23-11-7-19(8-12-23)25-21-5-1-3-17(15-21)18-4-2-6-22(16-18)26-20-9-13-24(28)14-10-20/h1-16,27-28H. The maximum atomic E-state index is 5.96. The minimum absolute atomic E-state index is 0.777. The van der Waals surface area contributed by atoms with Gasteiger partial charge in [-0.05, 0) is 83.9 Å². The Labute approximate surface area is 175 Å². The van der Waals surface area contributed by atoms with Gasteiger partial charge in [-0.1, -0.05) is 24.3 Å². The number of thiol groups is 2. The molecule has 0 amide bonds. The van der Waals surface area contributed by atoms with Crippen LogP contribution in [0.2, 0.25) is 0 Å². The third-order valence-electron chi connectivity index (χ3n) is 4.15. The molecule has 2 nitrogen and oxygen atoms in total. The van der Waals surface area contributed by atoms with Crippen molar-refractivity contribution in [2.75, 3.05) is 0 Å². The molecular formula is C24H18O2S2. The highest BCUT2D eigenvalue weighted by atomic mass is 32.1. The summed E-state index contributed by atoms with van der Waals surface area (Å²) in [6.45, 7) is 0. The fourth-order valence-corrected chi connectivity index (χ4v) is 3.08. The minimum atomic E-state index is 0.777. The zero-order valence-corrected chi connectivity index (χ0v) is 16.7. The molecule has 0 bridgehead atoms. The molecule has 0 spiro atoms. The molecule has 0 radical (unpaired) electrons. The minimum Gasteiger partial charge on any atom is -0.457 e. The van der Waals surface area contributed by atoms with E-state index in [2.05, 4.69) is 37.4 Å². The first-order valence-corrected chi connectivity index (χ1v) is 9.69. The molecule has 0 saturated heterocycles. The third kappa shape index (κ3) is 4.71. The van der Waals surface area contributed by atoms with E-state index < -0.39 is 0 Å². The zero-order valence-electron chi connectivity index (χ0n) is 14.9. The lowest BCUT2D eigenvalue weighted by molar-refractivity contribution is 0.481. The van der Waals surface area contributed by atoms with Gasteiger partial charge in [0.2, 0.25) is 0 Å². The van der Waals surface area contributed by atoms with E-state index in [4.69, 9.17) is 9.47 Å². The summed E-state index contributed by atoms with van der Waals surface area (Å²) in [6.07, 6.45) is 0. The van der Waals surface area contributed by atoms with Crippen molar-refractivity contribution >= 4 is 25.3 Å². The van der Waals surface area contributed by atoms with Crippen molar-refractivity contribution in [3.63, 3.8) is 0 Å². The Morgan fingerprint density at radius 2 is 0.821 bits per heavy atom. The second kappa shape index (κ2) is 8.46. The van der Waals surface area contributed by atoms with Crippen molar-refractivity contribution in [3.8, 4) is 34.1 Å². The van der Waals surface area contributed by atoms with Gasteiger partial charge in [0.25, 0.3) is 0 Å². The number of rotatable bonds is 5. The molecule has 0 heterocycles. The van der Waals surface area contributed by atoms with Gasteiger partial charge >= 0.3 is 0 Å². The van der Waals surface area contributed by atoms with Crippen molar-refractivity contribution in [2.24, 2.45) is 0 Å². The average Bonchev–Trinajstić information content (AvgIpc) is 2.72. The van der Waals surface area contributed by atoms with E-state index in [-0.39, 0.29) is 0 Å². The predicted octanol–water partition coefficient (Wildman–Crippen LogP) is 7.52. The lowest BCUT2D eigenvalue weighted by Crippen LogP contribution is -1.87. The lowest BCUT2D eigenvalue weighted by Gasteiger charge is -2.10. The Hall–Kier alpha value is -2.82. The van der Waals surface area contributed by atoms with E-state index in [1.807, 2.05) is 84.9 Å². The second-order valence-electron chi connectivity index (χ2n) is 6.25. The molecule has 0 saturated carbocycles. The van der Waals surface area contributed by atoms with Crippen LogP contribution < -0.4 is 9.47 Å². The van der Waals surface area contributed by atoms with Crippen molar-refractivity contribution in [3.05, 3.63) is 97.1 Å². The smallest absolute Gasteiger partial charge is 0.128 e. The molecule has 4 aromatic carbocycles. The lowest BCUT2D eigenvalue weighted by atomic mass is 10.1. The summed E-state index contributed by atoms with van der Waals surface area (Å²) in [7, 11) is 0. The van der Waals surface area contributed by atoms with Gasteiger partial charge in [-0.25, -0.2) is 0 Å². The number of benzene rings is 4. The summed E-state index contributed by atoms with van der Waals surface area (Å²) in [5, 5.41) is 0. The van der Waals surface area contributed by atoms with E-state index in [1.165, 1.54) is 0 Å². The van der Waals surface area contributed by atoms with Gasteiger partial charge in [-0.15, -0.1) is 25.3 Å². The van der Waals surface area contributed by atoms with Crippen molar-refractivity contribution in [1.29, 1.82) is 0 Å². The Morgan fingerprint density at radius 1 is 0.429 bits per heavy atom. The number of hydrogen-bond donors (Lipinski definition) is 2. The van der Waals surface area contributed by atoms with Crippen molar-refractivity contribution < 1.29 is 9.47 Å². The van der Waals surface area contributed by atoms with Crippen LogP contribution in [0.5, 0.6) is 23.0 Å². The Morgan fingerprint density at radius 3 is 1.21 bits per heavy atom. The maximum Gasteiger partial charge on any atom is 0.128 e. The van der Waals surface area contributed by atoms with Crippen LogP contribution in [0.15, 0.2) is 107 Å². The van der Waals surface area contributed by atoms with Crippen molar-refractivity contribution in [1.82, 2.24) is 0 Å². The Kier molecular flexibility index (Phi) is 5.60. The summed E-state index contributed by atoms with van der Waals surface area (Å²) in [4.78, 5) is 1.81. The van der Waals surface area contributed by atoms with Gasteiger partial charge in [0.05, 0.1) is 0 Å². The summed E-state index contributed by atoms with van der Waals surface area (Å²) in [5.74, 6) is 3.11. The zero-order chi connectivity index (χ0) is 19.3.